The number of pyridine rings is 1. The zero-order valence-corrected chi connectivity index (χ0v) is 9.76. The maximum absolute atomic E-state index is 5.86. The van der Waals surface area contributed by atoms with Gasteiger partial charge in [-0.3, -0.25) is 0 Å². The van der Waals surface area contributed by atoms with Gasteiger partial charge in [0.1, 0.15) is 11.0 Å². The highest BCUT2D eigenvalue weighted by Crippen LogP contribution is 2.22. The van der Waals surface area contributed by atoms with E-state index in [9.17, 15) is 0 Å². The number of nitrogens with zero attached hydrogens (tertiary/aromatic N) is 1. The largest absolute Gasteiger partial charge is 0.399 e. The molecule has 0 amide bonds. The molecule has 0 spiro atoms. The average molecular weight is 254 g/mol. The van der Waals surface area contributed by atoms with E-state index < -0.39 is 0 Å². The van der Waals surface area contributed by atoms with Gasteiger partial charge < -0.3 is 11.1 Å². The number of aromatic nitrogens is 1. The van der Waals surface area contributed by atoms with Crippen molar-refractivity contribution in [3.63, 3.8) is 0 Å². The molecule has 3 N–H and O–H groups in total. The molecule has 0 aliphatic carbocycles. The van der Waals surface area contributed by atoms with E-state index in [1.165, 1.54) is 0 Å². The van der Waals surface area contributed by atoms with Crippen LogP contribution in [0.4, 0.5) is 17.2 Å². The monoisotopic (exact) mass is 253 g/mol. The Kier molecular flexibility index (Phi) is 3.17. The van der Waals surface area contributed by atoms with Crippen molar-refractivity contribution in [3.8, 4) is 0 Å². The summed E-state index contributed by atoms with van der Waals surface area (Å²) in [6.45, 7) is 0. The Balaban J connectivity index is 2.27. The second-order valence-corrected chi connectivity index (χ2v) is 4.07. The standard InChI is InChI=1S/C11H9Cl2N3/c12-7-2-1-3-9(4-7)15-11-6-8(14)5-10(13)16-11/h1-6H,(H3,14,15,16). The van der Waals surface area contributed by atoms with Crippen molar-refractivity contribution in [2.24, 2.45) is 0 Å². The number of nitrogen functional groups attached to an aromatic ring is 1. The van der Waals surface area contributed by atoms with Crippen LogP contribution in [-0.4, -0.2) is 4.98 Å². The highest BCUT2D eigenvalue weighted by Gasteiger charge is 2.00. The lowest BCUT2D eigenvalue weighted by molar-refractivity contribution is 1.31. The van der Waals surface area contributed by atoms with E-state index in [1.54, 1.807) is 24.3 Å². The molecule has 0 aliphatic heterocycles. The second kappa shape index (κ2) is 4.60. The summed E-state index contributed by atoms with van der Waals surface area (Å²) in [5.74, 6) is 0.590. The lowest BCUT2D eigenvalue weighted by atomic mass is 10.3. The number of nitrogens with two attached hydrogens (primary N) is 1. The van der Waals surface area contributed by atoms with E-state index in [0.717, 1.165) is 5.69 Å². The van der Waals surface area contributed by atoms with Gasteiger partial charge in [-0.25, -0.2) is 4.98 Å². The zero-order valence-electron chi connectivity index (χ0n) is 8.24. The molecule has 0 bridgehead atoms. The Morgan fingerprint density at radius 1 is 1.12 bits per heavy atom. The van der Waals surface area contributed by atoms with Crippen molar-refractivity contribution in [1.29, 1.82) is 0 Å². The van der Waals surface area contributed by atoms with E-state index in [4.69, 9.17) is 28.9 Å². The average Bonchev–Trinajstić information content (AvgIpc) is 2.15. The van der Waals surface area contributed by atoms with Gasteiger partial charge in [-0.2, -0.15) is 0 Å². The third-order valence-corrected chi connectivity index (χ3v) is 2.34. The van der Waals surface area contributed by atoms with Crippen LogP contribution in [0.3, 0.4) is 0 Å². The Labute approximate surface area is 103 Å². The normalized spacial score (nSPS) is 10.1. The molecular formula is C11H9Cl2N3. The molecule has 0 radical (unpaired) electrons. The highest BCUT2D eigenvalue weighted by atomic mass is 35.5. The molecule has 16 heavy (non-hydrogen) atoms. The summed E-state index contributed by atoms with van der Waals surface area (Å²) in [5.41, 5.74) is 7.05. The lowest BCUT2D eigenvalue weighted by Gasteiger charge is -2.06. The van der Waals surface area contributed by atoms with Crippen LogP contribution < -0.4 is 11.1 Å². The summed E-state index contributed by atoms with van der Waals surface area (Å²) in [7, 11) is 0. The van der Waals surface area contributed by atoms with Crippen LogP contribution in [0.5, 0.6) is 0 Å². The summed E-state index contributed by atoms with van der Waals surface area (Å²) in [5, 5.41) is 4.07. The fraction of sp³-hybridized carbons (Fsp3) is 0. The molecule has 0 aliphatic rings. The van der Waals surface area contributed by atoms with Crippen LogP contribution in [0.15, 0.2) is 36.4 Å². The van der Waals surface area contributed by atoms with Gasteiger partial charge in [0.2, 0.25) is 0 Å². The van der Waals surface area contributed by atoms with E-state index in [-0.39, 0.29) is 0 Å². The highest BCUT2D eigenvalue weighted by molar-refractivity contribution is 6.31. The Hall–Kier alpha value is -1.45. The summed E-state index contributed by atoms with van der Waals surface area (Å²) < 4.78 is 0. The molecule has 2 rings (SSSR count). The molecule has 3 nitrogen and oxygen atoms in total. The minimum Gasteiger partial charge on any atom is -0.399 e. The Morgan fingerprint density at radius 3 is 2.62 bits per heavy atom. The fourth-order valence-corrected chi connectivity index (χ4v) is 1.70. The molecule has 2 aromatic rings. The molecule has 5 heteroatoms. The first-order valence-corrected chi connectivity index (χ1v) is 5.35. The van der Waals surface area contributed by atoms with Crippen LogP contribution in [0.25, 0.3) is 0 Å². The minimum atomic E-state index is 0.351. The smallest absolute Gasteiger partial charge is 0.134 e. The van der Waals surface area contributed by atoms with Gasteiger partial charge in [-0.1, -0.05) is 29.3 Å². The first kappa shape index (κ1) is 11.0. The van der Waals surface area contributed by atoms with Crippen molar-refractivity contribution in [1.82, 2.24) is 4.98 Å². The number of nitrogens with one attached hydrogen (secondary N) is 1. The topological polar surface area (TPSA) is 50.9 Å². The molecule has 1 aromatic heterocycles. The lowest BCUT2D eigenvalue weighted by Crippen LogP contribution is -1.95. The molecule has 0 unspecified atom stereocenters. The van der Waals surface area contributed by atoms with Gasteiger partial charge in [-0.15, -0.1) is 0 Å². The van der Waals surface area contributed by atoms with Crippen molar-refractivity contribution in [3.05, 3.63) is 46.6 Å². The Morgan fingerprint density at radius 2 is 1.94 bits per heavy atom. The van der Waals surface area contributed by atoms with Crippen LogP contribution in [-0.2, 0) is 0 Å². The van der Waals surface area contributed by atoms with Gasteiger partial charge in [0.05, 0.1) is 0 Å². The van der Waals surface area contributed by atoms with E-state index in [2.05, 4.69) is 10.3 Å². The van der Waals surface area contributed by atoms with Gasteiger partial charge in [0.15, 0.2) is 0 Å². The van der Waals surface area contributed by atoms with Gasteiger partial charge >= 0.3 is 0 Å². The summed E-state index contributed by atoms with van der Waals surface area (Å²) in [6.07, 6.45) is 0. The van der Waals surface area contributed by atoms with Gasteiger partial charge in [-0.05, 0) is 24.3 Å². The quantitative estimate of drug-likeness (QED) is 0.803. The van der Waals surface area contributed by atoms with Gasteiger partial charge in [0, 0.05) is 22.5 Å². The number of anilines is 3. The van der Waals surface area contributed by atoms with Crippen LogP contribution >= 0.6 is 23.2 Å². The molecule has 82 valence electrons. The predicted molar refractivity (Wildman–Crippen MR) is 68.4 cm³/mol. The zero-order chi connectivity index (χ0) is 11.5. The molecule has 0 fully saturated rings. The van der Waals surface area contributed by atoms with Crippen molar-refractivity contribution >= 4 is 40.4 Å². The first-order chi connectivity index (χ1) is 7.63. The SMILES string of the molecule is Nc1cc(Cl)nc(Nc2cccc(Cl)c2)c1. The third-order valence-electron chi connectivity index (χ3n) is 1.91. The van der Waals surface area contributed by atoms with E-state index in [1.807, 2.05) is 12.1 Å². The van der Waals surface area contributed by atoms with Gasteiger partial charge in [0.25, 0.3) is 0 Å². The Bertz CT molecular complexity index is 494. The van der Waals surface area contributed by atoms with Crippen LogP contribution in [0, 0.1) is 0 Å². The third kappa shape index (κ3) is 2.78. The van der Waals surface area contributed by atoms with Crippen LogP contribution in [0.1, 0.15) is 0 Å². The van der Waals surface area contributed by atoms with Crippen LogP contribution in [0.2, 0.25) is 10.2 Å². The molecular weight excluding hydrogens is 245 g/mol. The van der Waals surface area contributed by atoms with E-state index >= 15 is 0 Å². The predicted octanol–water partition coefficient (Wildman–Crippen LogP) is 3.71. The maximum Gasteiger partial charge on any atom is 0.134 e. The molecule has 1 heterocycles. The molecule has 1 aromatic carbocycles. The van der Waals surface area contributed by atoms with Crippen molar-refractivity contribution < 1.29 is 0 Å². The molecule has 0 saturated carbocycles. The maximum atomic E-state index is 5.86. The number of hydrogen-bond acceptors (Lipinski definition) is 3. The number of halogens is 2. The molecule has 0 atom stereocenters. The number of rotatable bonds is 2. The second-order valence-electron chi connectivity index (χ2n) is 3.24. The number of hydrogen-bond donors (Lipinski definition) is 2. The minimum absolute atomic E-state index is 0.351. The summed E-state index contributed by atoms with van der Waals surface area (Å²) >= 11 is 11.7. The van der Waals surface area contributed by atoms with E-state index in [0.29, 0.717) is 21.7 Å². The summed E-state index contributed by atoms with van der Waals surface area (Å²) in [6, 6.07) is 10.6. The van der Waals surface area contributed by atoms with Crippen molar-refractivity contribution in [2.45, 2.75) is 0 Å². The number of benzene rings is 1. The molecule has 0 saturated heterocycles. The first-order valence-electron chi connectivity index (χ1n) is 4.59. The fourth-order valence-electron chi connectivity index (χ4n) is 1.29. The van der Waals surface area contributed by atoms with Crippen molar-refractivity contribution in [2.75, 3.05) is 11.1 Å². The summed E-state index contributed by atoms with van der Waals surface area (Å²) in [4.78, 5) is 4.09.